The number of rotatable bonds is 9. The first kappa shape index (κ1) is 33.3. The molecule has 0 bridgehead atoms. The minimum absolute atomic E-state index is 0.00492. The number of halogens is 3. The lowest BCUT2D eigenvalue weighted by Crippen LogP contribution is -2.42. The molecule has 10 heteroatoms. The van der Waals surface area contributed by atoms with Crippen molar-refractivity contribution in [3.05, 3.63) is 65.7 Å². The zero-order valence-electron chi connectivity index (χ0n) is 24.3. The summed E-state index contributed by atoms with van der Waals surface area (Å²) in [6.07, 6.45) is -2.09. The molecule has 2 aromatic carbocycles. The van der Waals surface area contributed by atoms with Crippen LogP contribution >= 0.6 is 0 Å². The lowest BCUT2D eigenvalue weighted by molar-refractivity contribution is -0.138. The third kappa shape index (κ3) is 9.94. The van der Waals surface area contributed by atoms with Crippen molar-refractivity contribution in [1.82, 2.24) is 10.6 Å². The van der Waals surface area contributed by atoms with E-state index in [4.69, 9.17) is 4.74 Å². The first-order chi connectivity index (χ1) is 19.9. The number of ether oxygens (including phenoxy) is 1. The number of carbonyl (C=O) groups is 3. The van der Waals surface area contributed by atoms with Crippen LogP contribution in [0, 0.1) is 23.7 Å². The van der Waals surface area contributed by atoms with Crippen LogP contribution in [0.25, 0.3) is 0 Å². The number of aliphatic hydroxyl groups is 1. The van der Waals surface area contributed by atoms with Crippen LogP contribution in [-0.2, 0) is 20.6 Å². The highest BCUT2D eigenvalue weighted by Gasteiger charge is 2.38. The van der Waals surface area contributed by atoms with E-state index in [1.165, 1.54) is 12.1 Å². The molecule has 42 heavy (non-hydrogen) atoms. The number of piperidine rings is 1. The summed E-state index contributed by atoms with van der Waals surface area (Å²) >= 11 is 0. The SMILES string of the molecule is CNCCC(Oc1ccc(C(F)(F)F)cc1)c1ccccc1.C[C@@H]1C[C@@H]([C@H](O)CC2CC(=O)NC(=O)C2)C(=O)[C@@H](C)C1. The number of nitrogens with one attached hydrogen (secondary N) is 2. The van der Waals surface area contributed by atoms with E-state index in [2.05, 4.69) is 17.6 Å². The first-order valence-electron chi connectivity index (χ1n) is 14.4. The number of alkyl halides is 3. The minimum atomic E-state index is -4.33. The molecule has 5 atom stereocenters. The fourth-order valence-corrected chi connectivity index (χ4v) is 5.73. The van der Waals surface area contributed by atoms with Crippen molar-refractivity contribution >= 4 is 17.6 Å². The molecule has 4 rings (SSSR count). The van der Waals surface area contributed by atoms with E-state index in [-0.39, 0.29) is 54.3 Å². The Morgan fingerprint density at radius 1 is 0.976 bits per heavy atom. The number of hydrogen-bond acceptors (Lipinski definition) is 6. The van der Waals surface area contributed by atoms with Gasteiger partial charge in [0.25, 0.3) is 0 Å². The Hall–Kier alpha value is -3.24. The van der Waals surface area contributed by atoms with Gasteiger partial charge in [-0.15, -0.1) is 0 Å². The Bertz CT molecular complexity index is 1160. The van der Waals surface area contributed by atoms with Crippen LogP contribution in [0.1, 0.15) is 69.6 Å². The number of benzene rings is 2. The summed E-state index contributed by atoms with van der Waals surface area (Å²) in [7, 11) is 1.85. The van der Waals surface area contributed by atoms with Gasteiger partial charge in [0, 0.05) is 31.1 Å². The van der Waals surface area contributed by atoms with Crippen molar-refractivity contribution < 1.29 is 37.4 Å². The predicted octanol–water partition coefficient (Wildman–Crippen LogP) is 5.48. The number of hydrogen-bond donors (Lipinski definition) is 3. The largest absolute Gasteiger partial charge is 0.486 e. The van der Waals surface area contributed by atoms with Crippen LogP contribution in [0.5, 0.6) is 5.75 Å². The second-order valence-corrected chi connectivity index (χ2v) is 11.5. The van der Waals surface area contributed by atoms with Gasteiger partial charge in [-0.2, -0.15) is 13.2 Å². The van der Waals surface area contributed by atoms with Crippen LogP contribution in [0.2, 0.25) is 0 Å². The molecular formula is C32H41F3N2O5. The number of ketones is 1. The smallest absolute Gasteiger partial charge is 0.416 e. The number of carbonyl (C=O) groups excluding carboxylic acids is 3. The maximum atomic E-state index is 12.6. The highest BCUT2D eigenvalue weighted by molar-refractivity contribution is 5.97. The van der Waals surface area contributed by atoms with E-state index in [0.29, 0.717) is 24.5 Å². The summed E-state index contributed by atoms with van der Waals surface area (Å²) in [6, 6.07) is 14.4. The molecular weight excluding hydrogens is 549 g/mol. The van der Waals surface area contributed by atoms with Crippen LogP contribution in [0.4, 0.5) is 13.2 Å². The molecule has 2 aromatic rings. The van der Waals surface area contributed by atoms with Crippen LogP contribution < -0.4 is 15.4 Å². The quantitative estimate of drug-likeness (QED) is 0.335. The maximum Gasteiger partial charge on any atom is 0.416 e. The van der Waals surface area contributed by atoms with Gasteiger partial charge in [0.1, 0.15) is 17.6 Å². The number of imide groups is 1. The van der Waals surface area contributed by atoms with E-state index in [0.717, 1.165) is 37.1 Å². The lowest BCUT2D eigenvalue weighted by atomic mass is 9.71. The normalized spacial score (nSPS) is 22.9. The molecule has 2 amide bonds. The molecule has 1 saturated carbocycles. The third-order valence-corrected chi connectivity index (χ3v) is 7.82. The van der Waals surface area contributed by atoms with Crippen LogP contribution in [0.15, 0.2) is 54.6 Å². The minimum Gasteiger partial charge on any atom is -0.486 e. The van der Waals surface area contributed by atoms with Crippen LogP contribution in [0.3, 0.4) is 0 Å². The summed E-state index contributed by atoms with van der Waals surface area (Å²) in [5.41, 5.74) is 0.323. The van der Waals surface area contributed by atoms with Gasteiger partial charge >= 0.3 is 6.18 Å². The van der Waals surface area contributed by atoms with E-state index < -0.39 is 17.8 Å². The molecule has 0 spiro atoms. The van der Waals surface area contributed by atoms with Crippen molar-refractivity contribution in [3.63, 3.8) is 0 Å². The predicted molar refractivity (Wildman–Crippen MR) is 152 cm³/mol. The van der Waals surface area contributed by atoms with Crippen molar-refractivity contribution in [2.24, 2.45) is 23.7 Å². The van der Waals surface area contributed by atoms with Gasteiger partial charge in [0.15, 0.2) is 0 Å². The fraction of sp³-hybridized carbons (Fsp3) is 0.531. The molecule has 2 fully saturated rings. The Morgan fingerprint density at radius 3 is 2.17 bits per heavy atom. The summed E-state index contributed by atoms with van der Waals surface area (Å²) in [6.45, 7) is 4.76. The molecule has 0 aromatic heterocycles. The van der Waals surface area contributed by atoms with E-state index in [1.807, 2.05) is 44.3 Å². The number of Topliss-reactive ketones (excluding diaryl/α,β-unsaturated/α-hetero) is 1. The fourth-order valence-electron chi connectivity index (χ4n) is 5.73. The molecule has 1 aliphatic heterocycles. The molecule has 230 valence electrons. The molecule has 1 heterocycles. The second-order valence-electron chi connectivity index (χ2n) is 11.5. The topological polar surface area (TPSA) is 105 Å². The summed E-state index contributed by atoms with van der Waals surface area (Å²) in [4.78, 5) is 34.8. The van der Waals surface area contributed by atoms with Crippen molar-refractivity contribution in [1.29, 1.82) is 0 Å². The molecule has 0 radical (unpaired) electrons. The van der Waals surface area contributed by atoms with Crippen molar-refractivity contribution in [2.45, 2.75) is 70.8 Å². The Labute approximate surface area is 245 Å². The second kappa shape index (κ2) is 15.3. The molecule has 2 aliphatic rings. The highest BCUT2D eigenvalue weighted by Crippen LogP contribution is 2.35. The van der Waals surface area contributed by atoms with Gasteiger partial charge in [-0.1, -0.05) is 44.2 Å². The summed E-state index contributed by atoms with van der Waals surface area (Å²) in [5.74, 6) is -0.0702. The Kier molecular flexibility index (Phi) is 12.1. The van der Waals surface area contributed by atoms with Gasteiger partial charge < -0.3 is 15.2 Å². The first-order valence-corrected chi connectivity index (χ1v) is 14.4. The van der Waals surface area contributed by atoms with Gasteiger partial charge in [0.05, 0.1) is 11.7 Å². The standard InChI is InChI=1S/C17H18F3NO.C15H23NO4/c1-21-12-11-16(13-5-3-2-4-6-13)22-15-9-7-14(8-10-15)17(18,19)20;1-8-3-9(2)15(20)11(4-8)12(17)5-10-6-13(18)16-14(19)7-10/h2-10,16,21H,11-12H2,1H3;8-12,17H,3-7H2,1-2H3,(H,16,18,19)/t;8-,9-,11-,12+/m.0/s1. The van der Waals surface area contributed by atoms with Gasteiger partial charge in [-0.25, -0.2) is 0 Å². The monoisotopic (exact) mass is 590 g/mol. The molecule has 1 saturated heterocycles. The Morgan fingerprint density at radius 2 is 1.60 bits per heavy atom. The van der Waals surface area contributed by atoms with Crippen LogP contribution in [-0.4, -0.2) is 42.4 Å². The average Bonchev–Trinajstić information content (AvgIpc) is 2.93. The van der Waals surface area contributed by atoms with Gasteiger partial charge in [-0.3, -0.25) is 19.7 Å². The zero-order chi connectivity index (χ0) is 30.9. The molecule has 3 N–H and O–H groups in total. The average molecular weight is 591 g/mol. The van der Waals surface area contributed by atoms with E-state index in [9.17, 15) is 32.7 Å². The Balaban J connectivity index is 0.000000231. The third-order valence-electron chi connectivity index (χ3n) is 7.82. The van der Waals surface area contributed by atoms with E-state index in [1.54, 1.807) is 0 Å². The number of amides is 2. The van der Waals surface area contributed by atoms with E-state index >= 15 is 0 Å². The molecule has 7 nitrogen and oxygen atoms in total. The summed E-state index contributed by atoms with van der Waals surface area (Å²) < 4.78 is 43.6. The van der Waals surface area contributed by atoms with Gasteiger partial charge in [0.2, 0.25) is 11.8 Å². The number of aliphatic hydroxyl groups excluding tert-OH is 1. The molecule has 1 aliphatic carbocycles. The summed E-state index contributed by atoms with van der Waals surface area (Å²) in [5, 5.41) is 15.7. The maximum absolute atomic E-state index is 12.6. The molecule has 1 unspecified atom stereocenters. The van der Waals surface area contributed by atoms with Crippen molar-refractivity contribution in [3.8, 4) is 5.75 Å². The highest BCUT2D eigenvalue weighted by atomic mass is 19.4. The lowest BCUT2D eigenvalue weighted by Gasteiger charge is -2.34. The van der Waals surface area contributed by atoms with Gasteiger partial charge in [-0.05, 0) is 74.5 Å². The van der Waals surface area contributed by atoms with Crippen molar-refractivity contribution in [2.75, 3.05) is 13.6 Å². The zero-order valence-corrected chi connectivity index (χ0v) is 24.3.